The van der Waals surface area contributed by atoms with E-state index in [1.807, 2.05) is 26.8 Å². The first-order chi connectivity index (χ1) is 19.6. The van der Waals surface area contributed by atoms with Gasteiger partial charge in [-0.15, -0.1) is 11.6 Å². The number of methoxy groups -OCH3 is 4. The van der Waals surface area contributed by atoms with Gasteiger partial charge in [-0.25, -0.2) is 4.79 Å². The fourth-order valence-electron chi connectivity index (χ4n) is 5.33. The van der Waals surface area contributed by atoms with Crippen LogP contribution >= 0.6 is 11.6 Å². The van der Waals surface area contributed by atoms with Crippen LogP contribution < -0.4 is 23.8 Å². The van der Waals surface area contributed by atoms with Crippen LogP contribution in [0.2, 0.25) is 0 Å². The van der Waals surface area contributed by atoms with Gasteiger partial charge in [-0.3, -0.25) is 4.79 Å². The molecule has 0 unspecified atom stereocenters. The lowest BCUT2D eigenvalue weighted by molar-refractivity contribution is 0.0595. The number of anilines is 1. The Morgan fingerprint density at radius 2 is 1.66 bits per heavy atom. The van der Waals surface area contributed by atoms with Gasteiger partial charge in [0.2, 0.25) is 5.75 Å². The number of fused-ring (bicyclic) bond motifs is 4. The van der Waals surface area contributed by atoms with Crippen LogP contribution in [0.3, 0.4) is 0 Å². The summed E-state index contributed by atoms with van der Waals surface area (Å²) >= 11 is 6.46. The molecule has 1 atom stereocenters. The Balaban J connectivity index is 1.68. The zero-order valence-corrected chi connectivity index (χ0v) is 24.9. The number of alkyl halides is 1. The molecule has 0 spiro atoms. The zero-order chi connectivity index (χ0) is 29.6. The number of aromatic nitrogens is 2. The van der Waals surface area contributed by atoms with Crippen LogP contribution in [0, 0.1) is 0 Å². The quantitative estimate of drug-likeness (QED) is 0.183. The fraction of sp³-hybridized carbons (Fsp3) is 0.400. The Hall–Kier alpha value is -4.05. The van der Waals surface area contributed by atoms with Crippen molar-refractivity contribution in [2.45, 2.75) is 38.7 Å². The van der Waals surface area contributed by atoms with E-state index in [1.165, 1.54) is 21.3 Å². The van der Waals surface area contributed by atoms with E-state index in [0.717, 1.165) is 22.8 Å². The maximum Gasteiger partial charge on any atom is 0.354 e. The second-order valence-corrected chi connectivity index (χ2v) is 10.9. The van der Waals surface area contributed by atoms with Crippen molar-refractivity contribution in [3.05, 3.63) is 41.2 Å². The van der Waals surface area contributed by atoms with Gasteiger partial charge in [-0.2, -0.15) is 0 Å². The SMILES string of the molecule is CCC(C)(C)Oc1cc2c(c3cc(C(=O)OC)[nH]c13)[C@H](CCl)CN2C(=O)c1cc2cc(OC)c(OC)c(OC)c2[nH]1. The van der Waals surface area contributed by atoms with Crippen LogP contribution in [0.1, 0.15) is 59.7 Å². The zero-order valence-electron chi connectivity index (χ0n) is 24.2. The average Bonchev–Trinajstić information content (AvgIpc) is 3.70. The topological polar surface area (TPSA) is 115 Å². The van der Waals surface area contributed by atoms with Crippen molar-refractivity contribution in [3.63, 3.8) is 0 Å². The highest BCUT2D eigenvalue weighted by molar-refractivity contribution is 6.19. The molecule has 0 radical (unpaired) electrons. The minimum atomic E-state index is -0.498. The van der Waals surface area contributed by atoms with Gasteiger partial charge in [-0.1, -0.05) is 6.92 Å². The smallest absolute Gasteiger partial charge is 0.354 e. The number of carbonyl (C=O) groups is 2. The van der Waals surface area contributed by atoms with E-state index in [2.05, 4.69) is 9.97 Å². The van der Waals surface area contributed by atoms with Gasteiger partial charge in [0.1, 0.15) is 22.7 Å². The molecule has 11 heteroatoms. The normalized spacial score (nSPS) is 14.8. The average molecular weight is 584 g/mol. The fourth-order valence-corrected chi connectivity index (χ4v) is 5.58. The third kappa shape index (κ3) is 4.69. The summed E-state index contributed by atoms with van der Waals surface area (Å²) in [7, 11) is 5.94. The van der Waals surface area contributed by atoms with E-state index in [1.54, 1.807) is 30.2 Å². The molecule has 41 heavy (non-hydrogen) atoms. The Labute approximate surface area is 242 Å². The molecule has 4 aromatic rings. The van der Waals surface area contributed by atoms with Gasteiger partial charge in [-0.05, 0) is 44.0 Å². The van der Waals surface area contributed by atoms with Gasteiger partial charge < -0.3 is 38.6 Å². The summed E-state index contributed by atoms with van der Waals surface area (Å²) in [4.78, 5) is 34.7. The molecule has 1 aliphatic heterocycles. The van der Waals surface area contributed by atoms with Crippen LogP contribution in [0.4, 0.5) is 5.69 Å². The highest BCUT2D eigenvalue weighted by Gasteiger charge is 2.37. The van der Waals surface area contributed by atoms with Crippen LogP contribution in [0.25, 0.3) is 21.8 Å². The number of benzene rings is 2. The van der Waals surface area contributed by atoms with Crippen LogP contribution in [-0.2, 0) is 4.74 Å². The van der Waals surface area contributed by atoms with Crippen LogP contribution in [0.5, 0.6) is 23.0 Å². The maximum atomic E-state index is 14.1. The molecule has 10 nitrogen and oxygen atoms in total. The van der Waals surface area contributed by atoms with Crippen molar-refractivity contribution in [1.82, 2.24) is 9.97 Å². The number of H-pyrrole nitrogens is 2. The van der Waals surface area contributed by atoms with Crippen molar-refractivity contribution in [2.24, 2.45) is 0 Å². The van der Waals surface area contributed by atoms with E-state index in [-0.39, 0.29) is 17.7 Å². The predicted molar refractivity (Wildman–Crippen MR) is 158 cm³/mol. The number of amides is 1. The molecule has 0 bridgehead atoms. The summed E-state index contributed by atoms with van der Waals surface area (Å²) in [6.45, 7) is 6.36. The number of esters is 1. The molecule has 5 rings (SSSR count). The Morgan fingerprint density at radius 1 is 0.951 bits per heavy atom. The van der Waals surface area contributed by atoms with Gasteiger partial charge in [0.15, 0.2) is 11.5 Å². The van der Waals surface area contributed by atoms with Gasteiger partial charge in [0.25, 0.3) is 5.91 Å². The molecule has 0 aliphatic carbocycles. The minimum absolute atomic E-state index is 0.174. The summed E-state index contributed by atoms with van der Waals surface area (Å²) in [6.07, 6.45) is 0.743. The van der Waals surface area contributed by atoms with E-state index in [4.69, 9.17) is 35.3 Å². The summed E-state index contributed by atoms with van der Waals surface area (Å²) < 4.78 is 28.0. The number of hydrogen-bond donors (Lipinski definition) is 2. The Morgan fingerprint density at radius 3 is 2.27 bits per heavy atom. The Bertz CT molecular complexity index is 1660. The molecule has 2 aromatic heterocycles. The number of carbonyl (C=O) groups excluding carboxylic acids is 2. The minimum Gasteiger partial charge on any atom is -0.493 e. The third-order valence-electron chi connectivity index (χ3n) is 7.72. The molecule has 2 N–H and O–H groups in total. The largest absolute Gasteiger partial charge is 0.493 e. The number of nitrogens with one attached hydrogen (secondary N) is 2. The molecule has 0 saturated heterocycles. The monoisotopic (exact) mass is 583 g/mol. The third-order valence-corrected chi connectivity index (χ3v) is 8.10. The summed E-state index contributed by atoms with van der Waals surface area (Å²) in [5.74, 6) is 1.23. The second-order valence-electron chi connectivity index (χ2n) is 10.5. The second kappa shape index (κ2) is 10.7. The highest BCUT2D eigenvalue weighted by atomic mass is 35.5. The first-order valence-corrected chi connectivity index (χ1v) is 13.8. The lowest BCUT2D eigenvalue weighted by Crippen LogP contribution is -2.30. The number of halogens is 1. The van der Waals surface area contributed by atoms with E-state index >= 15 is 0 Å². The number of nitrogens with zero attached hydrogens (tertiary/aromatic N) is 1. The van der Waals surface area contributed by atoms with Gasteiger partial charge in [0, 0.05) is 35.2 Å². The first kappa shape index (κ1) is 28.5. The number of aromatic amines is 2. The molecular weight excluding hydrogens is 550 g/mol. The summed E-state index contributed by atoms with van der Waals surface area (Å²) in [6, 6.07) is 7.15. The number of ether oxygens (including phenoxy) is 5. The highest BCUT2D eigenvalue weighted by Crippen LogP contribution is 2.48. The van der Waals surface area contributed by atoms with E-state index in [9.17, 15) is 9.59 Å². The lowest BCUT2D eigenvalue weighted by atomic mass is 9.98. The summed E-state index contributed by atoms with van der Waals surface area (Å²) in [5.41, 5.74) is 2.96. The molecule has 0 fully saturated rings. The molecule has 3 heterocycles. The number of rotatable bonds is 9. The summed E-state index contributed by atoms with van der Waals surface area (Å²) in [5, 5.41) is 1.49. The molecular formula is C30H34ClN3O7. The first-order valence-electron chi connectivity index (χ1n) is 13.3. The lowest BCUT2D eigenvalue weighted by Gasteiger charge is -2.26. The molecule has 2 aromatic carbocycles. The Kier molecular flexibility index (Phi) is 7.46. The molecule has 218 valence electrons. The van der Waals surface area contributed by atoms with Crippen LogP contribution in [-0.4, -0.2) is 68.3 Å². The van der Waals surface area contributed by atoms with Crippen molar-refractivity contribution in [2.75, 3.05) is 45.8 Å². The molecule has 0 saturated carbocycles. The van der Waals surface area contributed by atoms with E-state index in [0.29, 0.717) is 57.7 Å². The standard InChI is InChI=1S/C30H34ClN3O7/c1-8-30(2,3)41-21-12-20-23(17-11-19(29(36)40-7)33-25(17)21)16(13-31)14-34(20)28(35)18-9-15-10-22(37-4)26(38-5)27(39-6)24(15)32-18/h9-12,16,32-33H,8,13-14H2,1-7H3/t16-/m1/s1. The van der Waals surface area contributed by atoms with Crippen molar-refractivity contribution >= 4 is 51.0 Å². The van der Waals surface area contributed by atoms with Crippen molar-refractivity contribution < 1.29 is 33.3 Å². The van der Waals surface area contributed by atoms with Gasteiger partial charge in [0.05, 0.1) is 45.2 Å². The van der Waals surface area contributed by atoms with Gasteiger partial charge >= 0.3 is 5.97 Å². The number of hydrogen-bond acceptors (Lipinski definition) is 7. The van der Waals surface area contributed by atoms with Crippen LogP contribution in [0.15, 0.2) is 24.3 Å². The maximum absolute atomic E-state index is 14.1. The van der Waals surface area contributed by atoms with Crippen molar-refractivity contribution in [1.29, 1.82) is 0 Å². The predicted octanol–water partition coefficient (Wildman–Crippen LogP) is 6.01. The molecule has 1 amide bonds. The molecule has 1 aliphatic rings. The van der Waals surface area contributed by atoms with Crippen molar-refractivity contribution in [3.8, 4) is 23.0 Å². The van der Waals surface area contributed by atoms with E-state index < -0.39 is 11.6 Å².